The number of nitrogens with zero attached hydrogens (tertiary/aromatic N) is 1. The van der Waals surface area contributed by atoms with E-state index < -0.39 is 8.07 Å². The fourth-order valence-corrected chi connectivity index (χ4v) is 19.7. The highest BCUT2D eigenvalue weighted by atomic mass is 28.3. The van der Waals surface area contributed by atoms with Gasteiger partial charge in [0.2, 0.25) is 0 Å². The minimum Gasteiger partial charge on any atom is -0.497 e. The SMILES string of the molecule is COc1ccc2c(c1)C1C(C3C=CC=C4C3C1[Si]4(CCCCCCOC(C)(C)C)C1C3C=CC=CC3C3C=CC=CC31)N2C. The van der Waals surface area contributed by atoms with Crippen LogP contribution in [0.3, 0.4) is 0 Å². The van der Waals surface area contributed by atoms with Crippen molar-refractivity contribution in [2.45, 2.75) is 81.1 Å². The second-order valence-electron chi connectivity index (χ2n) is 15.7. The number of ether oxygens (including phenoxy) is 2. The molecule has 3 nitrogen and oxygen atoms in total. The third-order valence-corrected chi connectivity index (χ3v) is 19.4. The van der Waals surface area contributed by atoms with Crippen molar-refractivity contribution in [3.05, 3.63) is 95.8 Å². The summed E-state index contributed by atoms with van der Waals surface area (Å²) in [7, 11) is 2.26. The molecule has 7 aliphatic rings. The average Bonchev–Trinajstić information content (AvgIpc) is 3.63. The number of benzene rings is 1. The Morgan fingerprint density at radius 1 is 0.750 bits per heavy atom. The zero-order chi connectivity index (χ0) is 30.2. The Morgan fingerprint density at radius 3 is 2.09 bits per heavy atom. The summed E-state index contributed by atoms with van der Waals surface area (Å²) in [5, 5.41) is 1.94. The smallest absolute Gasteiger partial charge is 0.119 e. The van der Waals surface area contributed by atoms with Crippen LogP contribution >= 0.6 is 0 Å². The monoisotopic (exact) mass is 605 g/mol. The standard InChI is InChI=1S/C40H51NO2Si/c1-40(2,3)43-23-12-6-7-13-24-44(38-29-17-10-8-15-27(29)28-16-9-11-18-30(28)38)34-20-14-19-31-35(34)39(44)36-32-25-26(42-5)21-22-33(32)41(4)37(31)36/h8-11,14-22,25,27-31,35-39H,6-7,12-13,23-24H2,1-5H3. The van der Waals surface area contributed by atoms with Gasteiger partial charge >= 0.3 is 0 Å². The van der Waals surface area contributed by atoms with E-state index in [1.807, 2.05) is 12.3 Å². The van der Waals surface area contributed by atoms with Crippen molar-refractivity contribution in [1.82, 2.24) is 0 Å². The van der Waals surface area contributed by atoms with Crippen molar-refractivity contribution < 1.29 is 9.47 Å². The molecule has 3 fully saturated rings. The summed E-state index contributed by atoms with van der Waals surface area (Å²) in [6.45, 7) is 7.39. The highest BCUT2D eigenvalue weighted by Gasteiger charge is 2.76. The summed E-state index contributed by atoms with van der Waals surface area (Å²) in [6.07, 6.45) is 32.7. The lowest BCUT2D eigenvalue weighted by molar-refractivity contribution is -0.00471. The lowest BCUT2D eigenvalue weighted by atomic mass is 9.83. The van der Waals surface area contributed by atoms with Gasteiger partial charge in [-0.1, -0.05) is 97.3 Å². The number of fused-ring (bicyclic) bond motifs is 8. The molecule has 4 heteroatoms. The van der Waals surface area contributed by atoms with Crippen LogP contribution in [0, 0.1) is 35.5 Å². The van der Waals surface area contributed by atoms with Crippen LogP contribution in [0.1, 0.15) is 57.9 Å². The molecule has 0 radical (unpaired) electrons. The highest BCUT2D eigenvalue weighted by molar-refractivity contribution is 6.93. The minimum atomic E-state index is -1.95. The minimum absolute atomic E-state index is 0.0403. The Kier molecular flexibility index (Phi) is 7.07. The van der Waals surface area contributed by atoms with E-state index >= 15 is 0 Å². The van der Waals surface area contributed by atoms with Crippen molar-refractivity contribution in [3.8, 4) is 5.75 Å². The quantitative estimate of drug-likeness (QED) is 0.207. The third-order valence-electron chi connectivity index (χ3n) is 12.8. The molecule has 0 bridgehead atoms. The molecule has 10 atom stereocenters. The van der Waals surface area contributed by atoms with Crippen LogP contribution in [0.25, 0.3) is 0 Å². The van der Waals surface area contributed by atoms with Gasteiger partial charge in [0.1, 0.15) is 5.75 Å². The zero-order valence-electron chi connectivity index (χ0n) is 27.4. The van der Waals surface area contributed by atoms with Crippen molar-refractivity contribution in [2.75, 3.05) is 25.7 Å². The number of rotatable bonds is 9. The predicted octanol–water partition coefficient (Wildman–Crippen LogP) is 9.19. The first-order chi connectivity index (χ1) is 21.3. The molecule has 2 heterocycles. The second kappa shape index (κ2) is 10.8. The highest BCUT2D eigenvalue weighted by Crippen LogP contribution is 2.79. The Hall–Kier alpha value is -2.56. The van der Waals surface area contributed by atoms with Gasteiger partial charge < -0.3 is 14.4 Å². The van der Waals surface area contributed by atoms with E-state index in [1.54, 1.807) is 5.56 Å². The van der Waals surface area contributed by atoms with Crippen molar-refractivity contribution in [1.29, 1.82) is 0 Å². The number of hydrogen-bond donors (Lipinski definition) is 0. The van der Waals surface area contributed by atoms with E-state index in [1.165, 1.54) is 37.4 Å². The molecule has 1 aromatic carbocycles. The second-order valence-corrected chi connectivity index (χ2v) is 20.2. The number of allylic oxidation sites excluding steroid dienone is 11. The largest absolute Gasteiger partial charge is 0.497 e. The molecule has 2 aliphatic heterocycles. The van der Waals surface area contributed by atoms with Gasteiger partial charge in [-0.05, 0) is 91.6 Å². The number of methoxy groups -OCH3 is 1. The van der Waals surface area contributed by atoms with Gasteiger partial charge in [0.25, 0.3) is 0 Å². The van der Waals surface area contributed by atoms with E-state index in [2.05, 4.69) is 118 Å². The van der Waals surface area contributed by atoms with E-state index in [0.29, 0.717) is 41.5 Å². The molecule has 0 aromatic heterocycles. The van der Waals surface area contributed by atoms with Crippen molar-refractivity contribution in [3.63, 3.8) is 0 Å². The van der Waals surface area contributed by atoms with E-state index in [4.69, 9.17) is 9.47 Å². The van der Waals surface area contributed by atoms with E-state index in [9.17, 15) is 0 Å². The Balaban J connectivity index is 1.19. The van der Waals surface area contributed by atoms with Gasteiger partial charge in [-0.15, -0.1) is 0 Å². The third kappa shape index (κ3) is 4.15. The first-order valence-electron chi connectivity index (χ1n) is 17.5. The summed E-state index contributed by atoms with van der Waals surface area (Å²) in [5.74, 6) is 5.57. The van der Waals surface area contributed by atoms with Crippen LogP contribution in [0.2, 0.25) is 17.1 Å². The number of hydrogen-bond acceptors (Lipinski definition) is 3. The normalized spacial score (nSPS) is 39.8. The Bertz CT molecular complexity index is 1440. The lowest BCUT2D eigenvalue weighted by Gasteiger charge is -2.62. The topological polar surface area (TPSA) is 21.7 Å². The maximum atomic E-state index is 6.08. The molecule has 0 N–H and O–H groups in total. The van der Waals surface area contributed by atoms with Crippen LogP contribution in [0.15, 0.2) is 90.2 Å². The molecular formula is C40H51NO2Si. The summed E-state index contributed by atoms with van der Waals surface area (Å²) in [5.41, 5.74) is 4.55. The van der Waals surface area contributed by atoms with Gasteiger partial charge in [0, 0.05) is 37.2 Å². The Morgan fingerprint density at radius 2 is 1.41 bits per heavy atom. The van der Waals surface area contributed by atoms with Crippen LogP contribution in [0.5, 0.6) is 5.75 Å². The maximum absolute atomic E-state index is 6.08. The van der Waals surface area contributed by atoms with Gasteiger partial charge in [-0.3, -0.25) is 0 Å². The summed E-state index contributed by atoms with van der Waals surface area (Å²) in [4.78, 5) is 2.66. The Labute approximate surface area is 266 Å². The molecule has 0 amide bonds. The fourth-order valence-electron chi connectivity index (χ4n) is 11.5. The number of likely N-dealkylation sites (N-methyl/N-ethyl adjacent to an activating group) is 1. The fraction of sp³-hybridized carbons (Fsp3) is 0.550. The van der Waals surface area contributed by atoms with Crippen molar-refractivity contribution in [2.24, 2.45) is 35.5 Å². The molecule has 1 aromatic rings. The molecule has 0 spiro atoms. The van der Waals surface area contributed by atoms with Crippen LogP contribution in [-0.2, 0) is 4.74 Å². The summed E-state index contributed by atoms with van der Waals surface area (Å²) < 4.78 is 11.9. The molecule has 2 saturated carbocycles. The molecule has 44 heavy (non-hydrogen) atoms. The average molecular weight is 606 g/mol. The van der Waals surface area contributed by atoms with Crippen molar-refractivity contribution >= 4 is 13.8 Å². The summed E-state index contributed by atoms with van der Waals surface area (Å²) in [6, 6.07) is 8.94. The number of anilines is 1. The first kappa shape index (κ1) is 28.9. The van der Waals surface area contributed by atoms with Crippen LogP contribution in [0.4, 0.5) is 5.69 Å². The van der Waals surface area contributed by atoms with Gasteiger partial charge in [0.15, 0.2) is 0 Å². The van der Waals surface area contributed by atoms with Gasteiger partial charge in [-0.25, -0.2) is 0 Å². The van der Waals surface area contributed by atoms with Gasteiger partial charge in [0.05, 0.1) is 20.8 Å². The van der Waals surface area contributed by atoms with Crippen LogP contribution in [-0.4, -0.2) is 40.5 Å². The molecule has 1 saturated heterocycles. The maximum Gasteiger partial charge on any atom is 0.119 e. The zero-order valence-corrected chi connectivity index (χ0v) is 28.4. The van der Waals surface area contributed by atoms with E-state index in [-0.39, 0.29) is 5.60 Å². The van der Waals surface area contributed by atoms with Gasteiger partial charge in [-0.2, -0.15) is 0 Å². The lowest BCUT2D eigenvalue weighted by Crippen LogP contribution is -2.63. The molecule has 5 aliphatic carbocycles. The summed E-state index contributed by atoms with van der Waals surface area (Å²) >= 11 is 0. The molecule has 8 rings (SSSR count). The van der Waals surface area contributed by atoms with E-state index in [0.717, 1.165) is 29.4 Å². The van der Waals surface area contributed by atoms with Crippen LogP contribution < -0.4 is 9.64 Å². The molecular weight excluding hydrogens is 555 g/mol. The number of unbranched alkanes of at least 4 members (excludes halogenated alkanes) is 3. The molecule has 10 unspecified atom stereocenters. The predicted molar refractivity (Wildman–Crippen MR) is 185 cm³/mol. The first-order valence-corrected chi connectivity index (χ1v) is 19.8. The molecule has 232 valence electrons.